The van der Waals surface area contributed by atoms with Gasteiger partial charge in [0.1, 0.15) is 5.69 Å². The number of rotatable bonds is 3. The highest BCUT2D eigenvalue weighted by molar-refractivity contribution is 5.96. The predicted molar refractivity (Wildman–Crippen MR) is 61.5 cm³/mol. The summed E-state index contributed by atoms with van der Waals surface area (Å²) in [6.07, 6.45) is -1.91. The minimum Gasteiger partial charge on any atom is -0.292 e. The molecule has 1 aromatic heterocycles. The Hall–Kier alpha value is -1.40. The summed E-state index contributed by atoms with van der Waals surface area (Å²) < 4.78 is 39.6. The van der Waals surface area contributed by atoms with Gasteiger partial charge in [0.25, 0.3) is 0 Å². The second-order valence-corrected chi connectivity index (χ2v) is 4.90. The van der Waals surface area contributed by atoms with Crippen molar-refractivity contribution in [3.63, 3.8) is 0 Å². The lowest BCUT2D eigenvalue weighted by Crippen LogP contribution is -2.32. The monoisotopic (exact) mass is 275 g/mol. The maximum absolute atomic E-state index is 12.7. The van der Waals surface area contributed by atoms with E-state index in [1.54, 1.807) is 0 Å². The molecule has 1 aromatic rings. The van der Waals surface area contributed by atoms with Crippen LogP contribution in [0.2, 0.25) is 0 Å². The molecule has 4 nitrogen and oxygen atoms in total. The van der Waals surface area contributed by atoms with E-state index in [1.807, 2.05) is 6.92 Å². The van der Waals surface area contributed by atoms with Crippen LogP contribution in [-0.2, 0) is 6.54 Å². The molecule has 0 N–H and O–H groups in total. The maximum atomic E-state index is 12.7. The molecule has 19 heavy (non-hydrogen) atoms. The molecular weight excluding hydrogens is 259 g/mol. The number of hydrogen-bond donors (Lipinski definition) is 0. The van der Waals surface area contributed by atoms with Crippen molar-refractivity contribution in [1.82, 2.24) is 15.0 Å². The molecule has 1 saturated carbocycles. The van der Waals surface area contributed by atoms with Crippen molar-refractivity contribution in [3.05, 3.63) is 11.9 Å². The van der Waals surface area contributed by atoms with Gasteiger partial charge in [-0.3, -0.25) is 4.79 Å². The molecule has 7 heteroatoms. The van der Waals surface area contributed by atoms with Crippen molar-refractivity contribution in [2.45, 2.75) is 45.3 Å². The van der Waals surface area contributed by atoms with Crippen molar-refractivity contribution < 1.29 is 18.0 Å². The number of carbonyl (C=O) groups is 1. The van der Waals surface area contributed by atoms with Gasteiger partial charge in [0, 0.05) is 12.5 Å². The van der Waals surface area contributed by atoms with Gasteiger partial charge in [-0.2, -0.15) is 13.2 Å². The SMILES string of the molecule is CCn1nncc1C(=O)C1CCCC(C(F)(F)F)C1. The van der Waals surface area contributed by atoms with E-state index in [1.165, 1.54) is 10.9 Å². The van der Waals surface area contributed by atoms with E-state index in [0.29, 0.717) is 25.1 Å². The van der Waals surface area contributed by atoms with E-state index in [9.17, 15) is 18.0 Å². The lowest BCUT2D eigenvalue weighted by Gasteiger charge is -2.29. The van der Waals surface area contributed by atoms with E-state index >= 15 is 0 Å². The highest BCUT2D eigenvalue weighted by atomic mass is 19.4. The zero-order chi connectivity index (χ0) is 14.0. The molecule has 1 aliphatic rings. The molecule has 0 saturated heterocycles. The number of nitrogens with zero attached hydrogens (tertiary/aromatic N) is 3. The number of ketones is 1. The molecular formula is C12H16F3N3O. The number of aromatic nitrogens is 3. The number of alkyl halides is 3. The lowest BCUT2D eigenvalue weighted by atomic mass is 9.78. The first-order chi connectivity index (χ1) is 8.93. The summed E-state index contributed by atoms with van der Waals surface area (Å²) in [4.78, 5) is 12.2. The Kier molecular flexibility index (Phi) is 3.91. The normalized spacial score (nSPS) is 24.4. The topological polar surface area (TPSA) is 47.8 Å². The predicted octanol–water partition coefficient (Wildman–Crippen LogP) is 2.85. The fourth-order valence-electron chi connectivity index (χ4n) is 2.62. The van der Waals surface area contributed by atoms with Crippen LogP contribution in [0.1, 0.15) is 43.1 Å². The third-order valence-corrected chi connectivity index (χ3v) is 3.68. The molecule has 1 fully saturated rings. The highest BCUT2D eigenvalue weighted by Crippen LogP contribution is 2.40. The summed E-state index contributed by atoms with van der Waals surface area (Å²) in [6, 6.07) is 0. The Balaban J connectivity index is 2.11. The van der Waals surface area contributed by atoms with Crippen LogP contribution >= 0.6 is 0 Å². The Morgan fingerprint density at radius 1 is 1.47 bits per heavy atom. The molecule has 1 heterocycles. The molecule has 2 rings (SSSR count). The summed E-state index contributed by atoms with van der Waals surface area (Å²) in [7, 11) is 0. The number of halogens is 3. The lowest BCUT2D eigenvalue weighted by molar-refractivity contribution is -0.184. The average Bonchev–Trinajstić information content (AvgIpc) is 2.85. The molecule has 0 radical (unpaired) electrons. The second kappa shape index (κ2) is 5.30. The molecule has 106 valence electrons. The first kappa shape index (κ1) is 14.0. The number of hydrogen-bond acceptors (Lipinski definition) is 3. The third kappa shape index (κ3) is 2.96. The second-order valence-electron chi connectivity index (χ2n) is 4.90. The van der Waals surface area contributed by atoms with E-state index in [2.05, 4.69) is 10.3 Å². The quantitative estimate of drug-likeness (QED) is 0.797. The summed E-state index contributed by atoms with van der Waals surface area (Å²) in [5.74, 6) is -2.19. The van der Waals surface area contributed by atoms with Gasteiger partial charge in [0.15, 0.2) is 5.78 Å². The van der Waals surface area contributed by atoms with Gasteiger partial charge in [0.2, 0.25) is 0 Å². The van der Waals surface area contributed by atoms with Crippen LogP contribution in [0.4, 0.5) is 13.2 Å². The van der Waals surface area contributed by atoms with Crippen LogP contribution in [0.15, 0.2) is 6.20 Å². The van der Waals surface area contributed by atoms with Crippen LogP contribution < -0.4 is 0 Å². The summed E-state index contributed by atoms with van der Waals surface area (Å²) in [5.41, 5.74) is 0.315. The van der Waals surface area contributed by atoms with E-state index in [-0.39, 0.29) is 18.6 Å². The minimum atomic E-state index is -4.21. The van der Waals surface area contributed by atoms with Crippen LogP contribution in [0.25, 0.3) is 0 Å². The zero-order valence-electron chi connectivity index (χ0n) is 10.7. The molecule has 0 bridgehead atoms. The van der Waals surface area contributed by atoms with Crippen LogP contribution in [0.3, 0.4) is 0 Å². The van der Waals surface area contributed by atoms with Gasteiger partial charge >= 0.3 is 6.18 Å². The Morgan fingerprint density at radius 2 is 2.21 bits per heavy atom. The van der Waals surface area contributed by atoms with Crippen LogP contribution in [-0.4, -0.2) is 27.0 Å². The third-order valence-electron chi connectivity index (χ3n) is 3.68. The largest absolute Gasteiger partial charge is 0.391 e. The Morgan fingerprint density at radius 3 is 2.84 bits per heavy atom. The molecule has 2 unspecified atom stereocenters. The first-order valence-electron chi connectivity index (χ1n) is 6.43. The zero-order valence-corrected chi connectivity index (χ0v) is 10.7. The van der Waals surface area contributed by atoms with Crippen LogP contribution in [0.5, 0.6) is 0 Å². The fourth-order valence-corrected chi connectivity index (χ4v) is 2.62. The van der Waals surface area contributed by atoms with Gasteiger partial charge < -0.3 is 0 Å². The average molecular weight is 275 g/mol. The van der Waals surface area contributed by atoms with Crippen LogP contribution in [0, 0.1) is 11.8 Å². The van der Waals surface area contributed by atoms with Gasteiger partial charge in [-0.05, 0) is 26.2 Å². The van der Waals surface area contributed by atoms with Gasteiger partial charge in [-0.25, -0.2) is 4.68 Å². The molecule has 0 aliphatic heterocycles. The minimum absolute atomic E-state index is 0.114. The molecule has 0 amide bonds. The van der Waals surface area contributed by atoms with E-state index in [0.717, 1.165) is 0 Å². The van der Waals surface area contributed by atoms with Gasteiger partial charge in [-0.1, -0.05) is 11.6 Å². The Bertz CT molecular complexity index is 455. The molecule has 1 aliphatic carbocycles. The summed E-state index contributed by atoms with van der Waals surface area (Å²) in [5, 5.41) is 7.39. The van der Waals surface area contributed by atoms with E-state index < -0.39 is 18.0 Å². The molecule has 2 atom stereocenters. The highest BCUT2D eigenvalue weighted by Gasteiger charge is 2.43. The maximum Gasteiger partial charge on any atom is 0.391 e. The smallest absolute Gasteiger partial charge is 0.292 e. The number of Topliss-reactive ketones (excluding diaryl/α,β-unsaturated/α-hetero) is 1. The number of aryl methyl sites for hydroxylation is 1. The van der Waals surface area contributed by atoms with Gasteiger partial charge in [-0.15, -0.1) is 5.10 Å². The van der Waals surface area contributed by atoms with E-state index in [4.69, 9.17) is 0 Å². The first-order valence-corrected chi connectivity index (χ1v) is 6.43. The fraction of sp³-hybridized carbons (Fsp3) is 0.750. The van der Waals surface area contributed by atoms with Crippen molar-refractivity contribution >= 4 is 5.78 Å². The van der Waals surface area contributed by atoms with Crippen molar-refractivity contribution in [2.75, 3.05) is 0 Å². The van der Waals surface area contributed by atoms with Crippen molar-refractivity contribution in [1.29, 1.82) is 0 Å². The van der Waals surface area contributed by atoms with Crippen molar-refractivity contribution in [3.8, 4) is 0 Å². The summed E-state index contributed by atoms with van der Waals surface area (Å²) >= 11 is 0. The summed E-state index contributed by atoms with van der Waals surface area (Å²) in [6.45, 7) is 2.29. The standard InChI is InChI=1S/C12H16F3N3O/c1-2-18-10(7-16-17-18)11(19)8-4-3-5-9(6-8)12(13,14)15/h7-9H,2-6H2,1H3. The Labute approximate surface area is 109 Å². The number of carbonyl (C=O) groups excluding carboxylic acids is 1. The van der Waals surface area contributed by atoms with Crippen molar-refractivity contribution in [2.24, 2.45) is 11.8 Å². The van der Waals surface area contributed by atoms with Gasteiger partial charge in [0.05, 0.1) is 12.1 Å². The molecule has 0 spiro atoms. The molecule has 0 aromatic carbocycles.